The first-order chi connectivity index (χ1) is 18.5. The Balaban J connectivity index is 1.51. The highest BCUT2D eigenvalue weighted by atomic mass is 16.6. The fourth-order valence-electron chi connectivity index (χ4n) is 3.98. The van der Waals surface area contributed by atoms with E-state index < -0.39 is 6.04 Å². The molecule has 7 N–H and O–H groups in total. The number of nitrogens with one attached hydrogen (secondary N) is 3. The summed E-state index contributed by atoms with van der Waals surface area (Å²) < 4.78 is 6.73. The molecule has 0 saturated carbocycles. The number of Topliss-reactive ketones (excluding diaryl/α,β-unsaturated/α-hetero) is 1. The number of benzene rings is 2. The molecule has 0 aliphatic rings. The van der Waals surface area contributed by atoms with Crippen LogP contribution in [0.1, 0.15) is 36.0 Å². The highest BCUT2D eigenvalue weighted by Gasteiger charge is 2.22. The molecule has 0 saturated heterocycles. The number of hydrogen-bond donors (Lipinski definition) is 5. The zero-order valence-electron chi connectivity index (χ0n) is 20.9. The number of aromatic nitrogens is 4. The number of anilines is 2. The highest BCUT2D eigenvalue weighted by molar-refractivity contribution is 5.99. The molecule has 38 heavy (non-hydrogen) atoms. The summed E-state index contributed by atoms with van der Waals surface area (Å²) in [6.07, 6.45) is 3.97. The average molecular weight is 518 g/mol. The maximum atomic E-state index is 13.3. The molecule has 1 amide bonds. The largest absolute Gasteiger partial charge is 0.365 e. The molecule has 12 heteroatoms. The molecule has 4 rings (SSSR count). The van der Waals surface area contributed by atoms with Gasteiger partial charge in [0, 0.05) is 17.8 Å². The number of hydrogen-bond acceptors (Lipinski definition) is 10. The average Bonchev–Trinajstić information content (AvgIpc) is 3.53. The first-order valence-electron chi connectivity index (χ1n) is 12.4. The molecule has 1 atom stereocenters. The summed E-state index contributed by atoms with van der Waals surface area (Å²) in [4.78, 5) is 30.3. The molecule has 2 aromatic carbocycles. The van der Waals surface area contributed by atoms with Gasteiger partial charge in [-0.25, -0.2) is 9.61 Å². The van der Waals surface area contributed by atoms with Crippen LogP contribution in [0.25, 0.3) is 22.6 Å². The molecule has 2 heterocycles. The van der Waals surface area contributed by atoms with E-state index >= 15 is 0 Å². The van der Waals surface area contributed by atoms with Gasteiger partial charge in [0.05, 0.1) is 23.6 Å². The van der Waals surface area contributed by atoms with E-state index in [1.54, 1.807) is 28.8 Å². The van der Waals surface area contributed by atoms with Gasteiger partial charge in [-0.2, -0.15) is 0 Å². The van der Waals surface area contributed by atoms with E-state index in [9.17, 15) is 9.59 Å². The lowest BCUT2D eigenvalue weighted by Gasteiger charge is -2.12. The quantitative estimate of drug-likeness (QED) is 0.0950. The number of rotatable bonds is 14. The van der Waals surface area contributed by atoms with E-state index in [4.69, 9.17) is 21.5 Å². The Hall–Kier alpha value is -4.42. The number of para-hydroxylation sites is 2. The lowest BCUT2D eigenvalue weighted by Crippen LogP contribution is -2.35. The SMILES string of the molecule is N=CCCNc1nonc1-c1nc2ccccc2n1CC(=O)c1ccc(NC(=O)C(N)CCCCN)cc1. The second-order valence-electron chi connectivity index (χ2n) is 8.77. The van der Waals surface area contributed by atoms with Gasteiger partial charge in [0.1, 0.15) is 0 Å². The van der Waals surface area contributed by atoms with Gasteiger partial charge < -0.3 is 32.1 Å². The number of nitrogens with two attached hydrogens (primary N) is 2. The van der Waals surface area contributed by atoms with Gasteiger partial charge in [0.25, 0.3) is 0 Å². The van der Waals surface area contributed by atoms with Crippen LogP contribution in [0.3, 0.4) is 0 Å². The van der Waals surface area contributed by atoms with Gasteiger partial charge in [0.2, 0.25) is 11.7 Å². The number of fused-ring (bicyclic) bond motifs is 1. The molecule has 0 fully saturated rings. The smallest absolute Gasteiger partial charge is 0.241 e. The van der Waals surface area contributed by atoms with Crippen LogP contribution in [0, 0.1) is 5.41 Å². The van der Waals surface area contributed by atoms with Crippen LogP contribution in [0.2, 0.25) is 0 Å². The Bertz CT molecular complexity index is 1390. The maximum absolute atomic E-state index is 13.3. The second-order valence-corrected chi connectivity index (χ2v) is 8.77. The summed E-state index contributed by atoms with van der Waals surface area (Å²) in [5.41, 5.74) is 14.3. The van der Waals surface area contributed by atoms with E-state index in [2.05, 4.69) is 25.9 Å². The molecule has 2 aromatic heterocycles. The summed E-state index contributed by atoms with van der Waals surface area (Å²) in [6, 6.07) is 13.5. The Morgan fingerprint density at radius 1 is 1.11 bits per heavy atom. The van der Waals surface area contributed by atoms with Crippen molar-refractivity contribution in [3.63, 3.8) is 0 Å². The fourth-order valence-corrected chi connectivity index (χ4v) is 3.98. The first kappa shape index (κ1) is 26.6. The molecule has 0 radical (unpaired) electrons. The van der Waals surface area contributed by atoms with Gasteiger partial charge in [-0.15, -0.1) is 0 Å². The van der Waals surface area contributed by atoms with Crippen molar-refractivity contribution in [2.75, 3.05) is 23.7 Å². The lowest BCUT2D eigenvalue weighted by atomic mass is 10.1. The van der Waals surface area contributed by atoms with Crippen molar-refractivity contribution in [3.05, 3.63) is 54.1 Å². The predicted octanol–water partition coefficient (Wildman–Crippen LogP) is 2.82. The van der Waals surface area contributed by atoms with Crippen molar-refractivity contribution in [1.82, 2.24) is 19.9 Å². The second kappa shape index (κ2) is 12.7. The number of carbonyl (C=O) groups excluding carboxylic acids is 2. The molecule has 0 aliphatic heterocycles. The van der Waals surface area contributed by atoms with Crippen LogP contribution >= 0.6 is 0 Å². The molecular formula is C26H31N9O3. The topological polar surface area (TPSA) is 191 Å². The van der Waals surface area contributed by atoms with Gasteiger partial charge in [-0.1, -0.05) is 18.6 Å². The third-order valence-electron chi connectivity index (χ3n) is 6.02. The summed E-state index contributed by atoms with van der Waals surface area (Å²) >= 11 is 0. The summed E-state index contributed by atoms with van der Waals surface area (Å²) in [5.74, 6) is 0.394. The number of nitrogens with zero attached hydrogens (tertiary/aromatic N) is 4. The summed E-state index contributed by atoms with van der Waals surface area (Å²) in [7, 11) is 0. The standard InChI is InChI=1S/C26H31N9O3/c27-13-4-3-6-19(29)26(37)31-18-11-9-17(10-12-18)22(36)16-35-21-8-2-1-7-20(21)32-25(35)23-24(34-38-33-23)30-15-5-14-28/h1-2,7-12,14,19,28H,3-6,13,15-16,27,29H2,(H,30,34)(H,31,37). The normalized spacial score (nSPS) is 11.8. The number of ketones is 1. The van der Waals surface area contributed by atoms with E-state index in [0.29, 0.717) is 60.0 Å². The molecule has 198 valence electrons. The highest BCUT2D eigenvalue weighted by Crippen LogP contribution is 2.28. The Morgan fingerprint density at radius 2 is 1.89 bits per heavy atom. The minimum atomic E-state index is -0.619. The minimum Gasteiger partial charge on any atom is -0.365 e. The molecule has 0 aliphatic carbocycles. The molecule has 1 unspecified atom stereocenters. The number of carbonyl (C=O) groups is 2. The molecule has 4 aromatic rings. The van der Waals surface area contributed by atoms with Crippen LogP contribution in [0.15, 0.2) is 53.2 Å². The monoisotopic (exact) mass is 517 g/mol. The number of unbranched alkanes of at least 4 members (excludes halogenated alkanes) is 1. The zero-order chi connectivity index (χ0) is 26.9. The summed E-state index contributed by atoms with van der Waals surface area (Å²) in [5, 5.41) is 21.0. The fraction of sp³-hybridized carbons (Fsp3) is 0.308. The van der Waals surface area contributed by atoms with Gasteiger partial charge in [-0.05, 0) is 78.7 Å². The predicted molar refractivity (Wildman–Crippen MR) is 145 cm³/mol. The van der Waals surface area contributed by atoms with Crippen molar-refractivity contribution in [2.24, 2.45) is 11.5 Å². The third-order valence-corrected chi connectivity index (χ3v) is 6.02. The van der Waals surface area contributed by atoms with Crippen molar-refractivity contribution in [3.8, 4) is 11.5 Å². The van der Waals surface area contributed by atoms with Crippen LogP contribution in [0.5, 0.6) is 0 Å². The molecular weight excluding hydrogens is 486 g/mol. The van der Waals surface area contributed by atoms with E-state index in [0.717, 1.165) is 18.4 Å². The Labute approximate surface area is 219 Å². The van der Waals surface area contributed by atoms with Crippen LogP contribution < -0.4 is 22.1 Å². The van der Waals surface area contributed by atoms with Crippen LogP contribution in [-0.2, 0) is 11.3 Å². The lowest BCUT2D eigenvalue weighted by molar-refractivity contribution is -0.117. The first-order valence-corrected chi connectivity index (χ1v) is 12.4. The van der Waals surface area contributed by atoms with Crippen molar-refractivity contribution in [1.29, 1.82) is 5.41 Å². The minimum absolute atomic E-state index is 0.000364. The Kier molecular flexibility index (Phi) is 8.90. The third kappa shape index (κ3) is 6.28. The summed E-state index contributed by atoms with van der Waals surface area (Å²) in [6.45, 7) is 1.05. The van der Waals surface area contributed by atoms with Crippen molar-refractivity contribution >= 4 is 40.4 Å². The van der Waals surface area contributed by atoms with Crippen LogP contribution in [0.4, 0.5) is 11.5 Å². The maximum Gasteiger partial charge on any atom is 0.241 e. The van der Waals surface area contributed by atoms with E-state index in [1.807, 2.05) is 24.3 Å². The van der Waals surface area contributed by atoms with Crippen LogP contribution in [-0.4, -0.2) is 56.9 Å². The molecule has 12 nitrogen and oxygen atoms in total. The van der Waals surface area contributed by atoms with E-state index in [1.165, 1.54) is 6.21 Å². The number of amides is 1. The van der Waals surface area contributed by atoms with Gasteiger partial charge >= 0.3 is 0 Å². The molecule has 0 bridgehead atoms. The van der Waals surface area contributed by atoms with Gasteiger partial charge in [-0.3, -0.25) is 9.59 Å². The van der Waals surface area contributed by atoms with E-state index in [-0.39, 0.29) is 18.2 Å². The number of imidazole rings is 1. The zero-order valence-corrected chi connectivity index (χ0v) is 20.9. The molecule has 0 spiro atoms. The van der Waals surface area contributed by atoms with Crippen molar-refractivity contribution in [2.45, 2.75) is 38.3 Å². The Morgan fingerprint density at radius 3 is 2.66 bits per heavy atom. The van der Waals surface area contributed by atoms with Crippen molar-refractivity contribution < 1.29 is 14.2 Å². The van der Waals surface area contributed by atoms with Gasteiger partial charge in [0.15, 0.2) is 17.3 Å².